The highest BCUT2D eigenvalue weighted by atomic mass is 16.3. The van der Waals surface area contributed by atoms with Crippen LogP contribution in [-0.2, 0) is 4.79 Å². The van der Waals surface area contributed by atoms with Crippen LogP contribution in [0.5, 0.6) is 0 Å². The number of urea groups is 1. The first-order valence-electron chi connectivity index (χ1n) is 9.15. The lowest BCUT2D eigenvalue weighted by molar-refractivity contribution is -0.141. The molecule has 0 aromatic rings. The lowest BCUT2D eigenvalue weighted by Gasteiger charge is -2.43. The number of β-amino-alcohol motifs (C(OH)–C–C–N with tert-alkyl or cyclic N) is 1. The maximum absolute atomic E-state index is 12.9. The van der Waals surface area contributed by atoms with Crippen LogP contribution >= 0.6 is 0 Å². The molecule has 0 unspecified atom stereocenters. The van der Waals surface area contributed by atoms with Crippen molar-refractivity contribution in [1.29, 1.82) is 0 Å². The van der Waals surface area contributed by atoms with E-state index in [1.54, 1.807) is 9.80 Å². The van der Waals surface area contributed by atoms with Crippen LogP contribution in [0.3, 0.4) is 0 Å². The molecule has 2 heterocycles. The fraction of sp³-hybridized carbons (Fsp3) is 0.889. The summed E-state index contributed by atoms with van der Waals surface area (Å²) in [5.41, 5.74) is 0.0328. The van der Waals surface area contributed by atoms with Gasteiger partial charge in [-0.2, -0.15) is 0 Å². The Morgan fingerprint density at radius 1 is 1.17 bits per heavy atom. The topological polar surface area (TPSA) is 72.9 Å². The molecule has 0 aliphatic carbocycles. The summed E-state index contributed by atoms with van der Waals surface area (Å²) in [4.78, 5) is 28.6. The van der Waals surface area contributed by atoms with Gasteiger partial charge in [0.1, 0.15) is 6.04 Å². The molecule has 0 aromatic carbocycles. The quantitative estimate of drug-likeness (QED) is 0.806. The van der Waals surface area contributed by atoms with Crippen LogP contribution in [0.2, 0.25) is 0 Å². The zero-order valence-corrected chi connectivity index (χ0v) is 15.7. The summed E-state index contributed by atoms with van der Waals surface area (Å²) in [6.07, 6.45) is 1.87. The number of nitrogens with one attached hydrogen (secondary N) is 1. The van der Waals surface area contributed by atoms with Crippen LogP contribution in [0.4, 0.5) is 4.79 Å². The Balaban J connectivity index is 2.00. The number of amides is 3. The summed E-state index contributed by atoms with van der Waals surface area (Å²) in [7, 11) is 0. The fourth-order valence-electron chi connectivity index (χ4n) is 3.95. The van der Waals surface area contributed by atoms with Crippen LogP contribution in [0.15, 0.2) is 0 Å². The molecule has 138 valence electrons. The van der Waals surface area contributed by atoms with Gasteiger partial charge in [0.15, 0.2) is 0 Å². The van der Waals surface area contributed by atoms with Crippen molar-refractivity contribution in [3.8, 4) is 0 Å². The summed E-state index contributed by atoms with van der Waals surface area (Å²) in [5, 5.41) is 13.3. The van der Waals surface area contributed by atoms with E-state index >= 15 is 0 Å². The highest BCUT2D eigenvalue weighted by molar-refractivity contribution is 5.87. The minimum Gasteiger partial charge on any atom is -0.391 e. The number of piperidine rings is 1. The molecule has 2 rings (SSSR count). The molecule has 6 nitrogen and oxygen atoms in total. The molecule has 2 N–H and O–H groups in total. The second-order valence-corrected chi connectivity index (χ2v) is 8.57. The van der Waals surface area contributed by atoms with Gasteiger partial charge in [-0.15, -0.1) is 0 Å². The van der Waals surface area contributed by atoms with Gasteiger partial charge in [-0.25, -0.2) is 4.79 Å². The maximum Gasteiger partial charge on any atom is 0.318 e. The van der Waals surface area contributed by atoms with E-state index in [2.05, 4.69) is 26.1 Å². The number of aliphatic hydroxyl groups excluding tert-OH is 1. The van der Waals surface area contributed by atoms with E-state index in [1.165, 1.54) is 0 Å². The van der Waals surface area contributed by atoms with Gasteiger partial charge in [0, 0.05) is 25.7 Å². The van der Waals surface area contributed by atoms with E-state index in [1.807, 2.05) is 13.8 Å². The molecule has 2 aliphatic rings. The number of carbonyl (C=O) groups excluding carboxylic acids is 2. The summed E-state index contributed by atoms with van der Waals surface area (Å²) in [5.74, 6) is 0.184. The third kappa shape index (κ3) is 4.21. The number of nitrogens with zero attached hydrogens (tertiary/aromatic N) is 2. The van der Waals surface area contributed by atoms with Gasteiger partial charge in [0.05, 0.1) is 6.10 Å². The van der Waals surface area contributed by atoms with Gasteiger partial charge in [-0.3, -0.25) is 4.79 Å². The van der Waals surface area contributed by atoms with Gasteiger partial charge in [0.2, 0.25) is 5.91 Å². The van der Waals surface area contributed by atoms with Crippen molar-refractivity contribution in [2.75, 3.05) is 19.6 Å². The summed E-state index contributed by atoms with van der Waals surface area (Å²) in [6, 6.07) is -0.494. The monoisotopic (exact) mass is 339 g/mol. The van der Waals surface area contributed by atoms with Crippen molar-refractivity contribution < 1.29 is 14.7 Å². The number of hydrogen-bond donors (Lipinski definition) is 2. The molecule has 0 aromatic heterocycles. The Kier molecular flexibility index (Phi) is 5.78. The second-order valence-electron chi connectivity index (χ2n) is 8.57. The van der Waals surface area contributed by atoms with Gasteiger partial charge in [-0.1, -0.05) is 20.8 Å². The van der Waals surface area contributed by atoms with Crippen molar-refractivity contribution in [1.82, 2.24) is 15.1 Å². The van der Waals surface area contributed by atoms with E-state index in [0.717, 1.165) is 12.8 Å². The number of rotatable bonds is 2. The molecule has 2 saturated heterocycles. The lowest BCUT2D eigenvalue weighted by atomic mass is 9.73. The molecular weight excluding hydrogens is 306 g/mol. The number of likely N-dealkylation sites (tertiary alicyclic amines) is 2. The molecule has 3 atom stereocenters. The zero-order valence-electron chi connectivity index (χ0n) is 15.7. The summed E-state index contributed by atoms with van der Waals surface area (Å²) < 4.78 is 0. The molecular formula is C18H33N3O3. The normalized spacial score (nSPS) is 28.4. The first-order valence-corrected chi connectivity index (χ1v) is 9.15. The maximum atomic E-state index is 12.9. The van der Waals surface area contributed by atoms with E-state index in [0.29, 0.717) is 26.1 Å². The number of hydrogen-bond acceptors (Lipinski definition) is 3. The Labute approximate surface area is 145 Å². The van der Waals surface area contributed by atoms with Crippen LogP contribution < -0.4 is 5.32 Å². The van der Waals surface area contributed by atoms with Crippen LogP contribution in [0.25, 0.3) is 0 Å². The smallest absolute Gasteiger partial charge is 0.318 e. The molecule has 0 bridgehead atoms. The SMILES string of the molecule is CC(C)NC(=O)N1CCC[C@H]1C(=O)N1CC[C@@H](C(C)(C)C)[C@H](O)C1. The molecule has 2 aliphatic heterocycles. The highest BCUT2D eigenvalue weighted by Gasteiger charge is 2.41. The average Bonchev–Trinajstić information content (AvgIpc) is 2.93. The van der Waals surface area contributed by atoms with E-state index in [-0.39, 0.29) is 35.4 Å². The molecule has 3 amide bonds. The minimum absolute atomic E-state index is 0.0159. The summed E-state index contributed by atoms with van der Waals surface area (Å²) >= 11 is 0. The van der Waals surface area contributed by atoms with E-state index in [4.69, 9.17) is 0 Å². The van der Waals surface area contributed by atoms with Crippen molar-refractivity contribution >= 4 is 11.9 Å². The van der Waals surface area contributed by atoms with Crippen molar-refractivity contribution in [2.24, 2.45) is 11.3 Å². The molecule has 6 heteroatoms. The van der Waals surface area contributed by atoms with Crippen molar-refractivity contribution in [3.05, 3.63) is 0 Å². The Bertz CT molecular complexity index is 473. The average molecular weight is 339 g/mol. The van der Waals surface area contributed by atoms with Gasteiger partial charge in [-0.05, 0) is 44.4 Å². The van der Waals surface area contributed by atoms with Crippen LogP contribution in [0.1, 0.15) is 53.9 Å². The molecule has 2 fully saturated rings. The molecule has 0 spiro atoms. The van der Waals surface area contributed by atoms with Gasteiger partial charge < -0.3 is 20.2 Å². The molecule has 0 radical (unpaired) electrons. The lowest BCUT2D eigenvalue weighted by Crippen LogP contribution is -2.56. The third-order valence-electron chi connectivity index (χ3n) is 5.22. The van der Waals surface area contributed by atoms with Gasteiger partial charge in [0.25, 0.3) is 0 Å². The van der Waals surface area contributed by atoms with Gasteiger partial charge >= 0.3 is 6.03 Å². The van der Waals surface area contributed by atoms with Crippen molar-refractivity contribution in [3.63, 3.8) is 0 Å². The molecule has 0 saturated carbocycles. The summed E-state index contributed by atoms with van der Waals surface area (Å²) in [6.45, 7) is 11.9. The first kappa shape index (κ1) is 19.0. The molecule has 24 heavy (non-hydrogen) atoms. The van der Waals surface area contributed by atoms with Crippen LogP contribution in [0, 0.1) is 11.3 Å². The predicted octanol–water partition coefficient (Wildman–Crippen LogP) is 1.82. The standard InChI is InChI=1S/C18H33N3O3/c1-12(2)19-17(24)21-9-6-7-14(21)16(23)20-10-8-13(15(22)11-20)18(3,4)5/h12-15,22H,6-11H2,1-5H3,(H,19,24)/t13-,14+,15-/m1/s1. The first-order chi connectivity index (χ1) is 11.1. The Morgan fingerprint density at radius 3 is 2.38 bits per heavy atom. The van der Waals surface area contributed by atoms with Crippen LogP contribution in [-0.4, -0.2) is 64.7 Å². The van der Waals surface area contributed by atoms with E-state index in [9.17, 15) is 14.7 Å². The number of carbonyl (C=O) groups is 2. The highest BCUT2D eigenvalue weighted by Crippen LogP contribution is 2.35. The predicted molar refractivity (Wildman–Crippen MR) is 93.5 cm³/mol. The van der Waals surface area contributed by atoms with Crippen molar-refractivity contribution in [2.45, 2.75) is 72.1 Å². The van der Waals surface area contributed by atoms with E-state index < -0.39 is 6.10 Å². The number of aliphatic hydroxyl groups is 1. The Hall–Kier alpha value is -1.30. The Morgan fingerprint density at radius 2 is 1.83 bits per heavy atom. The largest absolute Gasteiger partial charge is 0.391 e. The third-order valence-corrected chi connectivity index (χ3v) is 5.22. The second kappa shape index (κ2) is 7.30. The fourth-order valence-corrected chi connectivity index (χ4v) is 3.95. The zero-order chi connectivity index (χ0) is 18.1. The minimum atomic E-state index is -0.498.